The number of hydrogen-bond donors (Lipinski definition) is 1. The van der Waals surface area contributed by atoms with Crippen molar-refractivity contribution in [3.63, 3.8) is 0 Å². The van der Waals surface area contributed by atoms with E-state index < -0.39 is 5.41 Å². The summed E-state index contributed by atoms with van der Waals surface area (Å²) >= 11 is 0. The molecule has 3 fully saturated rings. The number of carbonyl (C=O) groups excluding carboxylic acids is 2. The topological polar surface area (TPSA) is 55.9 Å². The van der Waals surface area contributed by atoms with Crippen LogP contribution in [0.3, 0.4) is 0 Å². The molecule has 0 bridgehead atoms. The molecule has 3 aliphatic rings. The highest BCUT2D eigenvalue weighted by atomic mass is 19.1. The smallest absolute Gasteiger partial charge is 0.232 e. The van der Waals surface area contributed by atoms with E-state index in [1.807, 2.05) is 4.90 Å². The minimum absolute atomic E-state index is 0.0373. The Morgan fingerprint density at radius 1 is 1.21 bits per heavy atom. The molecule has 0 unspecified atom stereocenters. The van der Waals surface area contributed by atoms with E-state index in [-0.39, 0.29) is 23.7 Å². The fraction of sp³-hybridized carbons (Fsp3) is 0.636. The van der Waals surface area contributed by atoms with Crippen LogP contribution in [-0.4, -0.2) is 85.4 Å². The summed E-state index contributed by atoms with van der Waals surface area (Å²) < 4.78 is 13.5. The summed E-state index contributed by atoms with van der Waals surface area (Å²) in [7, 11) is 2.14. The Bertz CT molecular complexity index is 748. The second kappa shape index (κ2) is 8.40. The summed E-state index contributed by atoms with van der Waals surface area (Å²) in [5.74, 6) is -0.224. The Morgan fingerprint density at radius 3 is 2.62 bits per heavy atom. The van der Waals surface area contributed by atoms with Crippen molar-refractivity contribution in [3.8, 4) is 0 Å². The number of halogens is 1. The van der Waals surface area contributed by atoms with E-state index in [1.54, 1.807) is 12.1 Å². The lowest BCUT2D eigenvalue weighted by Gasteiger charge is -2.32. The van der Waals surface area contributed by atoms with E-state index in [2.05, 4.69) is 22.2 Å². The molecule has 7 heteroatoms. The molecular formula is C22H31FN4O2. The van der Waals surface area contributed by atoms with Crippen LogP contribution >= 0.6 is 0 Å². The predicted octanol–water partition coefficient (Wildman–Crippen LogP) is 1.21. The van der Waals surface area contributed by atoms with Crippen molar-refractivity contribution in [2.75, 3.05) is 52.9 Å². The van der Waals surface area contributed by atoms with Crippen molar-refractivity contribution in [2.45, 2.75) is 37.1 Å². The zero-order chi connectivity index (χ0) is 20.4. The molecule has 0 aromatic heterocycles. The Balaban J connectivity index is 1.39. The molecule has 1 aromatic carbocycles. The predicted molar refractivity (Wildman–Crippen MR) is 109 cm³/mol. The molecule has 4 rings (SSSR count). The number of nitrogens with zero attached hydrogens (tertiary/aromatic N) is 3. The normalized spacial score (nSPS) is 28.0. The molecule has 29 heavy (non-hydrogen) atoms. The van der Waals surface area contributed by atoms with E-state index in [4.69, 9.17) is 0 Å². The number of likely N-dealkylation sites (N-methyl/N-ethyl adjacent to an activating group) is 1. The molecule has 2 amide bonds. The molecule has 0 spiro atoms. The number of nitrogens with one attached hydrogen (secondary N) is 1. The molecule has 158 valence electrons. The second-order valence-corrected chi connectivity index (χ2v) is 8.76. The van der Waals surface area contributed by atoms with E-state index >= 15 is 0 Å². The number of benzene rings is 1. The lowest BCUT2D eigenvalue weighted by molar-refractivity contribution is -0.129. The quantitative estimate of drug-likeness (QED) is 0.727. The number of carbonyl (C=O) groups is 2. The first-order valence-corrected chi connectivity index (χ1v) is 10.7. The third-order valence-electron chi connectivity index (χ3n) is 6.84. The Hall–Kier alpha value is -1.99. The van der Waals surface area contributed by atoms with Gasteiger partial charge in [-0.25, -0.2) is 4.39 Å². The maximum atomic E-state index is 13.5. The van der Waals surface area contributed by atoms with E-state index in [0.29, 0.717) is 25.9 Å². The van der Waals surface area contributed by atoms with Crippen molar-refractivity contribution in [1.82, 2.24) is 20.0 Å². The van der Waals surface area contributed by atoms with Gasteiger partial charge in [0.25, 0.3) is 0 Å². The van der Waals surface area contributed by atoms with Gasteiger partial charge in [-0.2, -0.15) is 0 Å². The molecule has 0 radical (unpaired) electrons. The SMILES string of the molecule is CN1CCN(CCCNC(=O)[C@@]2(c3ccc(F)cc3)C[C@@H]3CCC(=O)N3C2)CC1. The van der Waals surface area contributed by atoms with Crippen LogP contribution in [0.15, 0.2) is 24.3 Å². The molecule has 2 atom stereocenters. The zero-order valence-electron chi connectivity index (χ0n) is 17.2. The number of hydrogen-bond acceptors (Lipinski definition) is 4. The zero-order valence-corrected chi connectivity index (χ0v) is 17.2. The Labute approximate surface area is 172 Å². The van der Waals surface area contributed by atoms with Gasteiger partial charge in [-0.3, -0.25) is 9.59 Å². The summed E-state index contributed by atoms with van der Waals surface area (Å²) in [4.78, 5) is 32.2. The average molecular weight is 403 g/mol. The largest absolute Gasteiger partial charge is 0.355 e. The molecule has 3 aliphatic heterocycles. The first-order valence-electron chi connectivity index (χ1n) is 10.7. The van der Waals surface area contributed by atoms with E-state index in [9.17, 15) is 14.0 Å². The van der Waals surface area contributed by atoms with Gasteiger partial charge in [0.2, 0.25) is 11.8 Å². The van der Waals surface area contributed by atoms with Crippen LogP contribution in [0.1, 0.15) is 31.2 Å². The number of piperazine rings is 1. The van der Waals surface area contributed by atoms with Crippen molar-refractivity contribution in [1.29, 1.82) is 0 Å². The summed E-state index contributed by atoms with van der Waals surface area (Å²) in [6.07, 6.45) is 2.89. The van der Waals surface area contributed by atoms with Crippen LogP contribution in [-0.2, 0) is 15.0 Å². The number of fused-ring (bicyclic) bond motifs is 1. The maximum Gasteiger partial charge on any atom is 0.232 e. The molecule has 0 saturated carbocycles. The molecule has 1 N–H and O–H groups in total. The minimum Gasteiger partial charge on any atom is -0.355 e. The third kappa shape index (κ3) is 4.16. The van der Waals surface area contributed by atoms with Crippen LogP contribution < -0.4 is 5.32 Å². The lowest BCUT2D eigenvalue weighted by atomic mass is 9.77. The lowest BCUT2D eigenvalue weighted by Crippen LogP contribution is -2.48. The third-order valence-corrected chi connectivity index (χ3v) is 6.84. The fourth-order valence-corrected chi connectivity index (χ4v) is 5.00. The molecule has 3 saturated heterocycles. The van der Waals surface area contributed by atoms with Crippen LogP contribution in [0.25, 0.3) is 0 Å². The Kier molecular flexibility index (Phi) is 5.88. The van der Waals surface area contributed by atoms with Gasteiger partial charge in [0, 0.05) is 51.7 Å². The highest BCUT2D eigenvalue weighted by molar-refractivity contribution is 5.91. The van der Waals surface area contributed by atoms with Crippen molar-refractivity contribution >= 4 is 11.8 Å². The second-order valence-electron chi connectivity index (χ2n) is 8.76. The first-order chi connectivity index (χ1) is 14.0. The van der Waals surface area contributed by atoms with E-state index in [0.717, 1.165) is 51.1 Å². The minimum atomic E-state index is -0.776. The number of rotatable bonds is 6. The fourth-order valence-electron chi connectivity index (χ4n) is 5.00. The van der Waals surface area contributed by atoms with Gasteiger partial charge in [-0.05, 0) is 50.6 Å². The monoisotopic (exact) mass is 402 g/mol. The van der Waals surface area contributed by atoms with Crippen LogP contribution in [0.5, 0.6) is 0 Å². The molecular weight excluding hydrogens is 371 g/mol. The molecule has 3 heterocycles. The van der Waals surface area contributed by atoms with Crippen molar-refractivity contribution in [3.05, 3.63) is 35.6 Å². The van der Waals surface area contributed by atoms with Gasteiger partial charge in [0.1, 0.15) is 5.82 Å². The van der Waals surface area contributed by atoms with Gasteiger partial charge in [0.05, 0.1) is 5.41 Å². The molecule has 6 nitrogen and oxygen atoms in total. The average Bonchev–Trinajstić information content (AvgIpc) is 3.27. The van der Waals surface area contributed by atoms with Crippen LogP contribution in [0.2, 0.25) is 0 Å². The van der Waals surface area contributed by atoms with Crippen LogP contribution in [0.4, 0.5) is 4.39 Å². The first kappa shape index (κ1) is 20.3. The van der Waals surface area contributed by atoms with Crippen molar-refractivity contribution in [2.24, 2.45) is 0 Å². The maximum absolute atomic E-state index is 13.5. The van der Waals surface area contributed by atoms with Gasteiger partial charge in [-0.1, -0.05) is 12.1 Å². The van der Waals surface area contributed by atoms with Crippen molar-refractivity contribution < 1.29 is 14.0 Å². The Morgan fingerprint density at radius 2 is 1.93 bits per heavy atom. The highest BCUT2D eigenvalue weighted by Crippen LogP contribution is 2.43. The van der Waals surface area contributed by atoms with E-state index in [1.165, 1.54) is 12.1 Å². The van der Waals surface area contributed by atoms with Gasteiger partial charge in [0.15, 0.2) is 0 Å². The summed E-state index contributed by atoms with van der Waals surface area (Å²) in [6.45, 7) is 6.31. The van der Waals surface area contributed by atoms with Gasteiger partial charge < -0.3 is 20.0 Å². The summed E-state index contributed by atoms with van der Waals surface area (Å²) in [5.41, 5.74) is 0.0279. The molecule has 0 aliphatic carbocycles. The summed E-state index contributed by atoms with van der Waals surface area (Å²) in [5, 5.41) is 3.12. The molecule has 1 aromatic rings. The van der Waals surface area contributed by atoms with Gasteiger partial charge in [-0.15, -0.1) is 0 Å². The standard InChI is InChI=1S/C22H31FN4O2/c1-25-11-13-26(14-12-25)10-2-9-24-21(29)22(17-3-5-18(23)6-4-17)15-19-7-8-20(28)27(19)16-22/h3-6,19H,2,7-16H2,1H3,(H,24,29)/t19-,22-/m0/s1. The highest BCUT2D eigenvalue weighted by Gasteiger charge is 2.53. The summed E-state index contributed by atoms with van der Waals surface area (Å²) in [6, 6.07) is 6.33. The van der Waals surface area contributed by atoms with Crippen LogP contribution in [0, 0.1) is 5.82 Å². The number of amides is 2. The van der Waals surface area contributed by atoms with Gasteiger partial charge >= 0.3 is 0 Å².